The summed E-state index contributed by atoms with van der Waals surface area (Å²) in [6.45, 7) is 5.04. The second-order valence-electron chi connectivity index (χ2n) is 7.94. The third-order valence-electron chi connectivity index (χ3n) is 6.51. The van der Waals surface area contributed by atoms with Crippen LogP contribution >= 0.6 is 0 Å². The van der Waals surface area contributed by atoms with E-state index in [1.54, 1.807) is 0 Å². The zero-order valence-corrected chi connectivity index (χ0v) is 14.9. The molecule has 4 fully saturated rings. The van der Waals surface area contributed by atoms with E-state index in [-0.39, 0.29) is 36.6 Å². The van der Waals surface area contributed by atoms with E-state index in [9.17, 15) is 0 Å². The molecule has 0 amide bonds. The Morgan fingerprint density at radius 1 is 0.556 bits per heavy atom. The van der Waals surface area contributed by atoms with Crippen molar-refractivity contribution in [3.63, 3.8) is 0 Å². The number of aliphatic imine (C=N–C) groups is 3. The third kappa shape index (κ3) is 1.90. The lowest BCUT2D eigenvalue weighted by molar-refractivity contribution is 0.220. The highest BCUT2D eigenvalue weighted by Gasteiger charge is 2.58. The van der Waals surface area contributed by atoms with E-state index in [1.165, 1.54) is 0 Å². The first-order valence-corrected chi connectivity index (χ1v) is 9.83. The van der Waals surface area contributed by atoms with Crippen molar-refractivity contribution in [1.29, 1.82) is 0 Å². The van der Waals surface area contributed by atoms with Crippen molar-refractivity contribution in [2.75, 3.05) is 39.6 Å². The fourth-order valence-electron chi connectivity index (χ4n) is 5.28. The molecule has 6 unspecified atom stereocenters. The SMILES string of the molecule is C1NCC2C(N=C3N2C2=NC4NCNCC4N2C2=NC4NCNCC4N32)N1. The minimum Gasteiger partial charge on any atom is -0.302 e. The van der Waals surface area contributed by atoms with Crippen molar-refractivity contribution < 1.29 is 0 Å². The summed E-state index contributed by atoms with van der Waals surface area (Å²) in [7, 11) is 0. The number of hydrogen-bond donors (Lipinski definition) is 6. The molecule has 0 aromatic carbocycles. The van der Waals surface area contributed by atoms with E-state index in [0.717, 1.165) is 57.5 Å². The van der Waals surface area contributed by atoms with Crippen molar-refractivity contribution in [2.45, 2.75) is 36.6 Å². The lowest BCUT2D eigenvalue weighted by Gasteiger charge is -2.47. The molecule has 4 saturated heterocycles. The molecule has 7 aliphatic rings. The van der Waals surface area contributed by atoms with Crippen LogP contribution in [0.15, 0.2) is 15.0 Å². The Morgan fingerprint density at radius 2 is 0.889 bits per heavy atom. The van der Waals surface area contributed by atoms with E-state index < -0.39 is 0 Å². The Kier molecular flexibility index (Phi) is 3.01. The Labute approximate surface area is 156 Å². The highest BCUT2D eigenvalue weighted by Crippen LogP contribution is 2.36. The normalized spacial score (nSPS) is 44.4. The maximum Gasteiger partial charge on any atom is 0.212 e. The molecule has 0 aromatic heterocycles. The van der Waals surface area contributed by atoms with Crippen molar-refractivity contribution in [3.8, 4) is 0 Å². The van der Waals surface area contributed by atoms with Crippen LogP contribution in [0, 0.1) is 0 Å². The average Bonchev–Trinajstić information content (AvgIpc) is 3.38. The summed E-state index contributed by atoms with van der Waals surface area (Å²) in [5.74, 6) is 2.96. The third-order valence-corrected chi connectivity index (χ3v) is 6.51. The smallest absolute Gasteiger partial charge is 0.212 e. The first kappa shape index (κ1) is 15.1. The highest BCUT2D eigenvalue weighted by molar-refractivity contribution is 6.19. The molecular weight excluding hydrogens is 348 g/mol. The van der Waals surface area contributed by atoms with Crippen molar-refractivity contribution in [3.05, 3.63) is 0 Å². The Morgan fingerprint density at radius 3 is 1.22 bits per heavy atom. The van der Waals surface area contributed by atoms with E-state index in [4.69, 9.17) is 15.0 Å². The molecule has 7 heterocycles. The van der Waals surface area contributed by atoms with Crippen LogP contribution in [-0.4, -0.2) is 109 Å². The average molecular weight is 372 g/mol. The number of fused-ring (bicyclic) bond motifs is 12. The van der Waals surface area contributed by atoms with E-state index >= 15 is 0 Å². The number of hydrogen-bond acceptors (Lipinski definition) is 12. The van der Waals surface area contributed by atoms with Gasteiger partial charge in [-0.05, 0) is 0 Å². The summed E-state index contributed by atoms with van der Waals surface area (Å²) < 4.78 is 0. The first-order chi connectivity index (χ1) is 13.4. The summed E-state index contributed by atoms with van der Waals surface area (Å²) in [5.41, 5.74) is 0. The molecule has 7 aliphatic heterocycles. The van der Waals surface area contributed by atoms with Crippen LogP contribution in [0.5, 0.6) is 0 Å². The maximum atomic E-state index is 5.08. The summed E-state index contributed by atoms with van der Waals surface area (Å²) in [6.07, 6.45) is 0.257. The minimum atomic E-state index is 0.0856. The fourth-order valence-corrected chi connectivity index (χ4v) is 5.28. The van der Waals surface area contributed by atoms with E-state index in [2.05, 4.69) is 46.6 Å². The van der Waals surface area contributed by atoms with Gasteiger partial charge in [-0.3, -0.25) is 30.7 Å². The molecule has 0 radical (unpaired) electrons. The van der Waals surface area contributed by atoms with Gasteiger partial charge in [-0.1, -0.05) is 0 Å². The van der Waals surface area contributed by atoms with Crippen molar-refractivity contribution in [1.82, 2.24) is 46.6 Å². The second kappa shape index (κ2) is 5.37. The zero-order chi connectivity index (χ0) is 17.5. The molecule has 144 valence electrons. The van der Waals surface area contributed by atoms with Crippen LogP contribution in [0.3, 0.4) is 0 Å². The molecule has 12 nitrogen and oxygen atoms in total. The molecule has 6 N–H and O–H groups in total. The van der Waals surface area contributed by atoms with Gasteiger partial charge in [-0.2, -0.15) is 0 Å². The minimum absolute atomic E-state index is 0.0856. The Bertz CT molecular complexity index is 644. The quantitative estimate of drug-likeness (QED) is 0.250. The van der Waals surface area contributed by atoms with Gasteiger partial charge in [0, 0.05) is 39.6 Å². The Balaban J connectivity index is 1.37. The molecule has 0 spiro atoms. The first-order valence-electron chi connectivity index (χ1n) is 9.83. The van der Waals surface area contributed by atoms with Gasteiger partial charge in [0.15, 0.2) is 0 Å². The molecule has 12 heteroatoms. The van der Waals surface area contributed by atoms with Gasteiger partial charge in [0.2, 0.25) is 17.9 Å². The molecule has 0 aliphatic carbocycles. The van der Waals surface area contributed by atoms with Gasteiger partial charge in [-0.25, -0.2) is 15.0 Å². The van der Waals surface area contributed by atoms with Crippen LogP contribution in [0.25, 0.3) is 0 Å². The summed E-state index contributed by atoms with van der Waals surface area (Å²) >= 11 is 0. The van der Waals surface area contributed by atoms with Crippen LogP contribution in [-0.2, 0) is 0 Å². The van der Waals surface area contributed by atoms with Crippen molar-refractivity contribution >= 4 is 17.9 Å². The number of guanidine groups is 3. The molecule has 0 saturated carbocycles. The summed E-state index contributed by atoms with van der Waals surface area (Å²) in [4.78, 5) is 22.2. The highest BCUT2D eigenvalue weighted by atomic mass is 15.7. The monoisotopic (exact) mass is 372 g/mol. The standard InChI is InChI=1S/C15H24N12/c1-7-10(19-4-16-1)22-13-25(7)14-23-11-8(2-17-5-20-11)27(14)15-24-12-9(26(13)15)3-18-6-21-12/h7-12,16-21H,1-6H2. The second-order valence-corrected chi connectivity index (χ2v) is 7.94. The largest absolute Gasteiger partial charge is 0.302 e. The number of nitrogens with one attached hydrogen (secondary N) is 6. The molecule has 6 atom stereocenters. The summed E-state index contributed by atoms with van der Waals surface area (Å²) in [5, 5.41) is 20.8. The van der Waals surface area contributed by atoms with Gasteiger partial charge in [0.1, 0.15) is 18.5 Å². The molecule has 27 heavy (non-hydrogen) atoms. The Hall–Kier alpha value is -1.83. The number of rotatable bonds is 0. The molecule has 0 bridgehead atoms. The predicted molar refractivity (Wildman–Crippen MR) is 98.6 cm³/mol. The number of nitrogens with zero attached hydrogens (tertiary/aromatic N) is 6. The van der Waals surface area contributed by atoms with Crippen LogP contribution in [0.4, 0.5) is 0 Å². The van der Waals surface area contributed by atoms with Crippen molar-refractivity contribution in [2.24, 2.45) is 15.0 Å². The van der Waals surface area contributed by atoms with Gasteiger partial charge in [0.05, 0.1) is 18.1 Å². The lowest BCUT2D eigenvalue weighted by Crippen LogP contribution is -2.72. The zero-order valence-electron chi connectivity index (χ0n) is 14.9. The van der Waals surface area contributed by atoms with Gasteiger partial charge >= 0.3 is 0 Å². The van der Waals surface area contributed by atoms with Crippen LogP contribution in [0.1, 0.15) is 0 Å². The predicted octanol–water partition coefficient (Wildman–Crippen LogP) is -4.45. The molecule has 7 rings (SSSR count). The van der Waals surface area contributed by atoms with Crippen LogP contribution < -0.4 is 31.9 Å². The van der Waals surface area contributed by atoms with Gasteiger partial charge in [-0.15, -0.1) is 0 Å². The lowest BCUT2D eigenvalue weighted by atomic mass is 10.1. The van der Waals surface area contributed by atoms with Crippen LogP contribution in [0.2, 0.25) is 0 Å². The van der Waals surface area contributed by atoms with E-state index in [0.29, 0.717) is 0 Å². The topological polar surface area (TPSA) is 119 Å². The molecular formula is C15H24N12. The maximum absolute atomic E-state index is 5.08. The molecule has 0 aromatic rings. The van der Waals surface area contributed by atoms with Gasteiger partial charge in [0.25, 0.3) is 0 Å². The summed E-state index contributed by atoms with van der Waals surface area (Å²) in [6, 6.07) is 0.690. The van der Waals surface area contributed by atoms with Gasteiger partial charge < -0.3 is 16.0 Å². The fraction of sp³-hybridized carbons (Fsp3) is 0.800. The van der Waals surface area contributed by atoms with E-state index in [1.807, 2.05) is 0 Å².